The Bertz CT molecular complexity index is 2680. The van der Waals surface area contributed by atoms with Crippen LogP contribution in [0.15, 0.2) is 0 Å². The molecule has 0 radical (unpaired) electrons. The molecule has 9 heterocycles. The van der Waals surface area contributed by atoms with E-state index >= 15 is 0 Å². The van der Waals surface area contributed by atoms with Gasteiger partial charge in [-0.15, -0.1) is 0 Å². The topological polar surface area (TPSA) is 247 Å². The van der Waals surface area contributed by atoms with Crippen molar-refractivity contribution in [1.82, 2.24) is 79.2 Å². The van der Waals surface area contributed by atoms with Gasteiger partial charge < -0.3 is 52.8 Å². The molecule has 0 aliphatic carbocycles. The second-order valence-electron chi connectivity index (χ2n) is 40.2. The number of likely N-dealkylation sites (tertiary alicyclic amines) is 6. The predicted molar refractivity (Wildman–Crippen MR) is 431 cm³/mol. The molecule has 6 fully saturated rings. The number of rotatable bonds is 27. The summed E-state index contributed by atoms with van der Waals surface area (Å²) in [5, 5.41) is 34.1. The van der Waals surface area contributed by atoms with Crippen LogP contribution >= 0.6 is 0 Å². The number of hydrogen-bond donors (Lipinski definition) is 9. The van der Waals surface area contributed by atoms with Crippen LogP contribution in [0.1, 0.15) is 262 Å². The zero-order valence-corrected chi connectivity index (χ0v) is 70.5. The standard InChI is InChI=1S/C78H147N25/c1-67(2)40-52(41-68(3,4)97(67)25)82-61-88-58(89-62(94-61)83-53-42-69(5,6)98(26)70(7,8)43-53)79-34-31-37-103(38-32-35-80-59-90-63(84-54-44-71(9,10)99(27)72(11,12)45-54)95-64(91-59)85-55-46-73(13,14)100(28)74(15,16)47-55)39-33-36-81-60-92-65(86-56-48-75(17,18)101(29)76(19,20)49-56)96-66(93-60)87-57-50-77(21,22)102(30)78(23,24)51-57/h52-57H,31-51H2,1-30H3,(H3,79,82,83,88,89,94)(H3,80,84,85,90,91,95)(H3,81,86,87,92,93,96). The second-order valence-corrected chi connectivity index (χ2v) is 40.2. The number of piperidine rings is 6. The molecule has 0 spiro atoms. The molecule has 6 aliphatic heterocycles. The Morgan fingerprint density at radius 2 is 0.359 bits per heavy atom. The summed E-state index contributed by atoms with van der Waals surface area (Å²) in [6.07, 6.45) is 14.2. The average Bonchev–Trinajstić information content (AvgIpc) is 0.806. The first-order valence-electron chi connectivity index (χ1n) is 39.5. The fourth-order valence-electron chi connectivity index (χ4n) is 19.5. The molecule has 0 saturated carbocycles. The van der Waals surface area contributed by atoms with Crippen molar-refractivity contribution in [2.45, 2.75) is 365 Å². The van der Waals surface area contributed by atoms with Crippen molar-refractivity contribution in [3.8, 4) is 0 Å². The quantitative estimate of drug-likeness (QED) is 0.0322. The van der Waals surface area contributed by atoms with E-state index in [1.165, 1.54) is 0 Å². The summed E-state index contributed by atoms with van der Waals surface area (Å²) in [5.74, 6) is 5.38. The summed E-state index contributed by atoms with van der Waals surface area (Å²) < 4.78 is 0. The third-order valence-corrected chi connectivity index (χ3v) is 26.6. The van der Waals surface area contributed by atoms with Gasteiger partial charge in [0.15, 0.2) is 0 Å². The molecule has 25 nitrogen and oxygen atoms in total. The molecule has 0 bridgehead atoms. The van der Waals surface area contributed by atoms with Crippen molar-refractivity contribution in [3.63, 3.8) is 0 Å². The fourth-order valence-corrected chi connectivity index (χ4v) is 19.5. The number of nitrogens with zero attached hydrogens (tertiary/aromatic N) is 16. The van der Waals surface area contributed by atoms with Gasteiger partial charge in [0.05, 0.1) is 0 Å². The first-order chi connectivity index (χ1) is 47.3. The predicted octanol–water partition coefficient (Wildman–Crippen LogP) is 12.7. The molecule has 6 aliphatic rings. The molecule has 0 unspecified atom stereocenters. The number of anilines is 9. The van der Waals surface area contributed by atoms with Crippen LogP contribution in [-0.4, -0.2) is 263 Å². The van der Waals surface area contributed by atoms with Crippen molar-refractivity contribution in [1.29, 1.82) is 0 Å². The van der Waals surface area contributed by atoms with E-state index in [-0.39, 0.29) is 103 Å². The molecule has 0 atom stereocenters. The van der Waals surface area contributed by atoms with E-state index < -0.39 is 0 Å². The van der Waals surface area contributed by atoms with Crippen LogP contribution in [0, 0.1) is 0 Å². The van der Waals surface area contributed by atoms with E-state index in [2.05, 4.69) is 291 Å². The van der Waals surface area contributed by atoms with E-state index in [0.29, 0.717) is 73.2 Å². The molecule has 584 valence electrons. The third-order valence-electron chi connectivity index (χ3n) is 26.6. The second kappa shape index (κ2) is 30.2. The maximum absolute atomic E-state index is 5.13. The van der Waals surface area contributed by atoms with Gasteiger partial charge in [-0.1, -0.05) is 0 Å². The van der Waals surface area contributed by atoms with Crippen LogP contribution in [0.5, 0.6) is 0 Å². The Morgan fingerprint density at radius 1 is 0.233 bits per heavy atom. The smallest absolute Gasteiger partial charge is 0.229 e. The molecule has 3 aromatic rings. The molecule has 25 heteroatoms. The maximum Gasteiger partial charge on any atom is 0.229 e. The van der Waals surface area contributed by atoms with Gasteiger partial charge in [-0.3, -0.25) is 29.4 Å². The number of aromatic nitrogens is 9. The monoisotopic (exact) mass is 1430 g/mol. The van der Waals surface area contributed by atoms with Crippen LogP contribution in [0.2, 0.25) is 0 Å². The molecule has 9 rings (SSSR count). The first kappa shape index (κ1) is 82.0. The van der Waals surface area contributed by atoms with E-state index in [1.54, 1.807) is 0 Å². The zero-order valence-electron chi connectivity index (χ0n) is 70.5. The van der Waals surface area contributed by atoms with Crippen LogP contribution in [0.3, 0.4) is 0 Å². The summed E-state index contributed by atoms with van der Waals surface area (Å²) in [7, 11) is 13.5. The van der Waals surface area contributed by atoms with Crippen LogP contribution in [-0.2, 0) is 0 Å². The minimum atomic E-state index is -0.00535. The minimum Gasteiger partial charge on any atom is -0.354 e. The molecular weight excluding hydrogens is 1290 g/mol. The van der Waals surface area contributed by atoms with Crippen molar-refractivity contribution in [2.75, 3.05) is 129 Å². The van der Waals surface area contributed by atoms with E-state index in [9.17, 15) is 0 Å². The lowest BCUT2D eigenvalue weighted by Gasteiger charge is -2.54. The Labute approximate surface area is 624 Å². The highest BCUT2D eigenvalue weighted by atomic mass is 15.4. The average molecular weight is 1440 g/mol. The minimum absolute atomic E-state index is 0.00535. The number of nitrogens with one attached hydrogen (secondary N) is 9. The third kappa shape index (κ3) is 20.2. The fraction of sp³-hybridized carbons (Fsp3) is 0.885. The summed E-state index contributed by atoms with van der Waals surface area (Å²) >= 11 is 0. The molecule has 9 N–H and O–H groups in total. The zero-order chi connectivity index (χ0) is 76.3. The SMILES string of the molecule is CN1C(C)(C)CC(Nc2nc(NCCCN(CCCNc3nc(NC4CC(C)(C)N(C)C(C)(C)C4)nc(NC4CC(C)(C)N(C)C(C)(C)C4)n3)CCCNc3nc(NC4CC(C)(C)N(C)C(C)(C)C4)nc(NC4CC(C)(C)N(C)C(C)(C)C4)n3)nc(NC3CC(C)(C)N(C)C(C)(C)C3)n2)CC1(C)C. The molecular formula is C78H147N25. The van der Waals surface area contributed by atoms with Gasteiger partial charge in [0.2, 0.25) is 53.5 Å². The van der Waals surface area contributed by atoms with Gasteiger partial charge in [-0.2, -0.15) is 44.9 Å². The van der Waals surface area contributed by atoms with Gasteiger partial charge in [0, 0.05) is 122 Å². The van der Waals surface area contributed by atoms with Crippen molar-refractivity contribution in [2.24, 2.45) is 0 Å². The Kier molecular flexibility index (Phi) is 24.0. The Balaban J connectivity index is 0.943. The molecule has 0 amide bonds. The normalized spacial score (nSPS) is 25.4. The lowest BCUT2D eigenvalue weighted by atomic mass is 9.77. The van der Waals surface area contributed by atoms with E-state index in [1.807, 2.05) is 0 Å². The van der Waals surface area contributed by atoms with E-state index in [0.717, 1.165) is 116 Å². The van der Waals surface area contributed by atoms with Crippen molar-refractivity contribution in [3.05, 3.63) is 0 Å². The summed E-state index contributed by atoms with van der Waals surface area (Å²) in [5.41, 5.74) is -0.0642. The van der Waals surface area contributed by atoms with Crippen LogP contribution in [0.25, 0.3) is 0 Å². The van der Waals surface area contributed by atoms with Crippen molar-refractivity contribution < 1.29 is 0 Å². The van der Waals surface area contributed by atoms with Crippen LogP contribution < -0.4 is 47.9 Å². The highest BCUT2D eigenvalue weighted by molar-refractivity contribution is 5.47. The largest absolute Gasteiger partial charge is 0.354 e. The van der Waals surface area contributed by atoms with Crippen LogP contribution in [0.4, 0.5) is 53.5 Å². The lowest BCUT2D eigenvalue weighted by molar-refractivity contribution is -0.00825. The molecule has 103 heavy (non-hydrogen) atoms. The number of hydrogen-bond acceptors (Lipinski definition) is 25. The lowest BCUT2D eigenvalue weighted by Crippen LogP contribution is -2.61. The molecule has 0 aromatic carbocycles. The summed E-state index contributed by atoms with van der Waals surface area (Å²) in [6, 6.07) is 1.14. The summed E-state index contributed by atoms with van der Waals surface area (Å²) in [4.78, 5) is 63.8. The highest BCUT2D eigenvalue weighted by Gasteiger charge is 2.49. The van der Waals surface area contributed by atoms with Gasteiger partial charge in [0.1, 0.15) is 0 Å². The Hall–Kier alpha value is -5.05. The molecule has 3 aromatic heterocycles. The highest BCUT2D eigenvalue weighted by Crippen LogP contribution is 2.44. The van der Waals surface area contributed by atoms with E-state index in [4.69, 9.17) is 44.9 Å². The van der Waals surface area contributed by atoms with Crippen molar-refractivity contribution >= 4 is 53.5 Å². The first-order valence-corrected chi connectivity index (χ1v) is 39.5. The van der Waals surface area contributed by atoms with Gasteiger partial charge in [-0.25, -0.2) is 0 Å². The Morgan fingerprint density at radius 3 is 0.495 bits per heavy atom. The van der Waals surface area contributed by atoms with Gasteiger partial charge in [-0.05, 0) is 324 Å². The maximum atomic E-state index is 5.13. The summed E-state index contributed by atoms with van der Waals surface area (Å²) in [6.45, 7) is 60.8. The van der Waals surface area contributed by atoms with Gasteiger partial charge in [0.25, 0.3) is 0 Å². The molecule has 6 saturated heterocycles. The van der Waals surface area contributed by atoms with Gasteiger partial charge >= 0.3 is 0 Å².